The Labute approximate surface area is 120 Å². The zero-order valence-corrected chi connectivity index (χ0v) is 12.5. The Morgan fingerprint density at radius 3 is 2.70 bits per heavy atom. The zero-order valence-electron chi connectivity index (χ0n) is 12.5. The first kappa shape index (κ1) is 16.3. The number of carbonyl (C=O) groups is 1. The lowest BCUT2D eigenvalue weighted by atomic mass is 10.2. The Bertz CT molecular complexity index is 422. The molecule has 20 heavy (non-hydrogen) atoms. The number of benzene rings is 1. The largest absolute Gasteiger partial charge is 0.493 e. The summed E-state index contributed by atoms with van der Waals surface area (Å²) >= 11 is 0. The number of hydrogen-bond donors (Lipinski definition) is 2. The van der Waals surface area contributed by atoms with Gasteiger partial charge in [-0.1, -0.05) is 13.0 Å². The first-order valence-corrected chi connectivity index (χ1v) is 6.92. The molecule has 0 unspecified atom stereocenters. The highest BCUT2D eigenvalue weighted by molar-refractivity contribution is 5.77. The van der Waals surface area contributed by atoms with E-state index in [9.17, 15) is 4.79 Å². The van der Waals surface area contributed by atoms with E-state index >= 15 is 0 Å². The fourth-order valence-electron chi connectivity index (χ4n) is 1.68. The summed E-state index contributed by atoms with van der Waals surface area (Å²) < 4.78 is 10.7. The van der Waals surface area contributed by atoms with Crippen LogP contribution in [0.2, 0.25) is 0 Å². The van der Waals surface area contributed by atoms with Crippen LogP contribution >= 0.6 is 0 Å². The van der Waals surface area contributed by atoms with Crippen LogP contribution in [0, 0.1) is 6.92 Å². The molecule has 0 atom stereocenters. The summed E-state index contributed by atoms with van der Waals surface area (Å²) in [5.74, 6) is 1.09. The van der Waals surface area contributed by atoms with Crippen LogP contribution in [0.15, 0.2) is 18.2 Å². The lowest BCUT2D eigenvalue weighted by Gasteiger charge is -2.11. The topological polar surface area (TPSA) is 59.6 Å². The zero-order chi connectivity index (χ0) is 14.8. The van der Waals surface area contributed by atoms with Crippen LogP contribution in [0.1, 0.15) is 18.9 Å². The average molecular weight is 280 g/mol. The fraction of sp³-hybridized carbons (Fsp3) is 0.533. The molecule has 2 N–H and O–H groups in total. The first-order chi connectivity index (χ1) is 9.67. The molecular formula is C15H24N2O3. The van der Waals surface area contributed by atoms with Crippen LogP contribution in [0.4, 0.5) is 0 Å². The molecule has 0 aliphatic heterocycles. The molecular weight excluding hydrogens is 256 g/mol. The van der Waals surface area contributed by atoms with Crippen LogP contribution in [-0.4, -0.2) is 39.3 Å². The molecule has 0 spiro atoms. The van der Waals surface area contributed by atoms with Crippen molar-refractivity contribution < 1.29 is 14.3 Å². The van der Waals surface area contributed by atoms with E-state index in [2.05, 4.69) is 17.6 Å². The van der Waals surface area contributed by atoms with Gasteiger partial charge < -0.3 is 20.1 Å². The Morgan fingerprint density at radius 1 is 1.20 bits per heavy atom. The van der Waals surface area contributed by atoms with Crippen LogP contribution in [-0.2, 0) is 4.79 Å². The second kappa shape index (κ2) is 9.20. The van der Waals surface area contributed by atoms with E-state index in [1.54, 1.807) is 7.11 Å². The summed E-state index contributed by atoms with van der Waals surface area (Å²) in [6.07, 6.45) is 1.09. The molecule has 0 aliphatic rings. The van der Waals surface area contributed by atoms with Gasteiger partial charge in [0.2, 0.25) is 0 Å². The maximum Gasteiger partial charge on any atom is 0.257 e. The minimum absolute atomic E-state index is 0.00675. The number of rotatable bonds is 9. The smallest absolute Gasteiger partial charge is 0.257 e. The SMILES string of the molecule is CCCNCCNC(=O)COc1ccc(C)cc1OC. The number of carbonyl (C=O) groups excluding carboxylic acids is 1. The highest BCUT2D eigenvalue weighted by Gasteiger charge is 2.07. The fourth-order valence-corrected chi connectivity index (χ4v) is 1.68. The van der Waals surface area contributed by atoms with Crippen molar-refractivity contribution in [3.05, 3.63) is 23.8 Å². The summed E-state index contributed by atoms with van der Waals surface area (Å²) in [6.45, 7) is 6.41. The van der Waals surface area contributed by atoms with Gasteiger partial charge in [0.1, 0.15) is 0 Å². The van der Waals surface area contributed by atoms with Crippen molar-refractivity contribution in [2.75, 3.05) is 33.4 Å². The maximum absolute atomic E-state index is 11.6. The summed E-state index contributed by atoms with van der Waals surface area (Å²) in [4.78, 5) is 11.6. The second-order valence-electron chi connectivity index (χ2n) is 4.54. The molecule has 5 heteroatoms. The van der Waals surface area contributed by atoms with Crippen molar-refractivity contribution in [3.8, 4) is 11.5 Å². The van der Waals surface area contributed by atoms with E-state index in [1.807, 2.05) is 25.1 Å². The maximum atomic E-state index is 11.6. The molecule has 5 nitrogen and oxygen atoms in total. The lowest BCUT2D eigenvalue weighted by Crippen LogP contribution is -2.35. The summed E-state index contributed by atoms with van der Waals surface area (Å²) in [5, 5.41) is 6.01. The van der Waals surface area contributed by atoms with E-state index in [-0.39, 0.29) is 12.5 Å². The number of methoxy groups -OCH3 is 1. The predicted molar refractivity (Wildman–Crippen MR) is 79.4 cm³/mol. The third kappa shape index (κ3) is 5.93. The van der Waals surface area contributed by atoms with Gasteiger partial charge in [0, 0.05) is 13.1 Å². The van der Waals surface area contributed by atoms with Crippen molar-refractivity contribution in [1.29, 1.82) is 0 Å². The molecule has 1 amide bonds. The van der Waals surface area contributed by atoms with Gasteiger partial charge in [-0.2, -0.15) is 0 Å². The van der Waals surface area contributed by atoms with Crippen molar-refractivity contribution in [2.24, 2.45) is 0 Å². The van der Waals surface area contributed by atoms with Crippen LogP contribution in [0.5, 0.6) is 11.5 Å². The van der Waals surface area contributed by atoms with Gasteiger partial charge >= 0.3 is 0 Å². The molecule has 0 saturated carbocycles. The molecule has 0 bridgehead atoms. The number of aryl methyl sites for hydroxylation is 1. The van der Waals surface area contributed by atoms with Crippen molar-refractivity contribution in [1.82, 2.24) is 10.6 Å². The third-order valence-corrected chi connectivity index (χ3v) is 2.73. The molecule has 112 valence electrons. The van der Waals surface area contributed by atoms with Gasteiger partial charge in [-0.05, 0) is 37.6 Å². The van der Waals surface area contributed by atoms with Crippen LogP contribution in [0.3, 0.4) is 0 Å². The van der Waals surface area contributed by atoms with Crippen molar-refractivity contribution in [3.63, 3.8) is 0 Å². The van der Waals surface area contributed by atoms with Gasteiger partial charge in [-0.15, -0.1) is 0 Å². The number of nitrogens with one attached hydrogen (secondary N) is 2. The lowest BCUT2D eigenvalue weighted by molar-refractivity contribution is -0.123. The Balaban J connectivity index is 2.30. The standard InChI is InChI=1S/C15H24N2O3/c1-4-7-16-8-9-17-15(18)11-20-13-6-5-12(2)10-14(13)19-3/h5-6,10,16H,4,7-9,11H2,1-3H3,(H,17,18). The molecule has 0 saturated heterocycles. The monoisotopic (exact) mass is 280 g/mol. The van der Waals surface area contributed by atoms with Crippen molar-refractivity contribution >= 4 is 5.91 Å². The number of ether oxygens (including phenoxy) is 2. The average Bonchev–Trinajstić information content (AvgIpc) is 2.45. The van der Waals surface area contributed by atoms with E-state index in [0.717, 1.165) is 25.1 Å². The molecule has 0 aliphatic carbocycles. The van der Waals surface area contributed by atoms with E-state index in [4.69, 9.17) is 9.47 Å². The van der Waals surface area contributed by atoms with Gasteiger partial charge in [-0.25, -0.2) is 0 Å². The molecule has 1 aromatic rings. The highest BCUT2D eigenvalue weighted by Crippen LogP contribution is 2.27. The Kier molecular flexibility index (Phi) is 7.50. The second-order valence-corrected chi connectivity index (χ2v) is 4.54. The van der Waals surface area contributed by atoms with E-state index in [1.165, 1.54) is 0 Å². The van der Waals surface area contributed by atoms with Gasteiger partial charge in [-0.3, -0.25) is 4.79 Å². The minimum Gasteiger partial charge on any atom is -0.493 e. The Hall–Kier alpha value is -1.75. The predicted octanol–water partition coefficient (Wildman–Crippen LogP) is 1.50. The molecule has 1 aromatic carbocycles. The number of hydrogen-bond acceptors (Lipinski definition) is 4. The first-order valence-electron chi connectivity index (χ1n) is 6.92. The van der Waals surface area contributed by atoms with E-state index in [0.29, 0.717) is 18.0 Å². The molecule has 1 rings (SSSR count). The third-order valence-electron chi connectivity index (χ3n) is 2.73. The van der Waals surface area contributed by atoms with Gasteiger partial charge in [0.25, 0.3) is 5.91 Å². The summed E-state index contributed by atoms with van der Waals surface area (Å²) in [6, 6.07) is 5.61. The van der Waals surface area contributed by atoms with Gasteiger partial charge in [0.05, 0.1) is 7.11 Å². The summed E-state index contributed by atoms with van der Waals surface area (Å²) in [7, 11) is 1.58. The van der Waals surface area contributed by atoms with E-state index < -0.39 is 0 Å². The van der Waals surface area contributed by atoms with Crippen molar-refractivity contribution in [2.45, 2.75) is 20.3 Å². The molecule has 0 radical (unpaired) electrons. The quantitative estimate of drug-likeness (QED) is 0.673. The molecule has 0 fully saturated rings. The molecule has 0 aromatic heterocycles. The van der Waals surface area contributed by atoms with Crippen LogP contribution < -0.4 is 20.1 Å². The summed E-state index contributed by atoms with van der Waals surface area (Å²) in [5.41, 5.74) is 1.08. The minimum atomic E-state index is -0.133. The number of amides is 1. The highest BCUT2D eigenvalue weighted by atomic mass is 16.5. The van der Waals surface area contributed by atoms with Crippen LogP contribution in [0.25, 0.3) is 0 Å². The normalized spacial score (nSPS) is 10.2. The molecule has 0 heterocycles. The van der Waals surface area contributed by atoms with Gasteiger partial charge in [0.15, 0.2) is 18.1 Å². The Morgan fingerprint density at radius 2 is 2.00 bits per heavy atom.